The molecule has 2 heteroatoms. The van der Waals surface area contributed by atoms with Crippen LogP contribution in [0, 0.1) is 0 Å². The molecule has 0 saturated heterocycles. The molecule has 0 spiro atoms. The monoisotopic (exact) mass is 309 g/mol. The van der Waals surface area contributed by atoms with Crippen molar-refractivity contribution in [3.63, 3.8) is 0 Å². The van der Waals surface area contributed by atoms with Crippen LogP contribution < -0.4 is 0 Å². The van der Waals surface area contributed by atoms with E-state index in [1.54, 1.807) is 0 Å². The van der Waals surface area contributed by atoms with Crippen LogP contribution >= 0.6 is 0 Å². The lowest BCUT2D eigenvalue weighted by atomic mass is 10.1. The second-order valence-electron chi connectivity index (χ2n) is 6.46. The van der Waals surface area contributed by atoms with Crippen molar-refractivity contribution in [1.29, 1.82) is 0 Å². The second-order valence-corrected chi connectivity index (χ2v) is 11.1. The van der Waals surface area contributed by atoms with E-state index in [1.807, 2.05) is 0 Å². The molecule has 0 aromatic carbocycles. The van der Waals surface area contributed by atoms with Crippen molar-refractivity contribution in [2.45, 2.75) is 96.7 Å². The van der Waals surface area contributed by atoms with Gasteiger partial charge in [0.15, 0.2) is 0 Å². The van der Waals surface area contributed by atoms with Crippen molar-refractivity contribution in [2.75, 3.05) is 6.54 Å². The SMILES string of the molecule is C=C[Si](CCC)(CCC)CCC=NCCCCCCCC. The lowest BCUT2D eigenvalue weighted by Gasteiger charge is -2.27. The van der Waals surface area contributed by atoms with E-state index in [4.69, 9.17) is 0 Å². The summed E-state index contributed by atoms with van der Waals surface area (Å²) in [6, 6.07) is 4.18. The summed E-state index contributed by atoms with van der Waals surface area (Å²) < 4.78 is 0. The summed E-state index contributed by atoms with van der Waals surface area (Å²) in [7, 11) is -1.19. The van der Waals surface area contributed by atoms with Crippen LogP contribution in [0.4, 0.5) is 0 Å². The molecule has 0 aromatic rings. The Morgan fingerprint density at radius 3 is 2.00 bits per heavy atom. The first kappa shape index (κ1) is 20.6. The van der Waals surface area contributed by atoms with Gasteiger partial charge in [0.1, 0.15) is 0 Å². The summed E-state index contributed by atoms with van der Waals surface area (Å²) in [4.78, 5) is 4.61. The Labute approximate surface area is 135 Å². The molecule has 0 heterocycles. The summed E-state index contributed by atoms with van der Waals surface area (Å²) in [6.07, 6.45) is 14.2. The van der Waals surface area contributed by atoms with Gasteiger partial charge in [-0.1, -0.05) is 77.8 Å². The van der Waals surface area contributed by atoms with Crippen molar-refractivity contribution in [3.05, 3.63) is 12.3 Å². The summed E-state index contributed by atoms with van der Waals surface area (Å²) in [5, 5.41) is 0. The van der Waals surface area contributed by atoms with Gasteiger partial charge in [0.2, 0.25) is 0 Å². The molecular weight excluding hydrogens is 270 g/mol. The molecule has 0 aliphatic carbocycles. The Balaban J connectivity index is 3.77. The van der Waals surface area contributed by atoms with E-state index in [9.17, 15) is 0 Å². The van der Waals surface area contributed by atoms with Gasteiger partial charge in [-0.2, -0.15) is 0 Å². The zero-order chi connectivity index (χ0) is 15.8. The quantitative estimate of drug-likeness (QED) is 0.179. The van der Waals surface area contributed by atoms with Crippen LogP contribution in [0.25, 0.3) is 0 Å². The first-order valence-corrected chi connectivity index (χ1v) is 12.1. The number of aliphatic imine (C=N–C) groups is 1. The number of hydrogen-bond acceptors (Lipinski definition) is 1. The largest absolute Gasteiger partial charge is 0.298 e. The van der Waals surface area contributed by atoms with Crippen LogP contribution in [-0.4, -0.2) is 20.8 Å². The van der Waals surface area contributed by atoms with Crippen molar-refractivity contribution in [1.82, 2.24) is 0 Å². The van der Waals surface area contributed by atoms with Gasteiger partial charge in [0, 0.05) is 6.54 Å². The first-order valence-electron chi connectivity index (χ1n) is 9.36. The molecule has 0 bridgehead atoms. The third-order valence-electron chi connectivity index (χ3n) is 4.47. The van der Waals surface area contributed by atoms with Gasteiger partial charge in [0.05, 0.1) is 8.07 Å². The Morgan fingerprint density at radius 1 is 0.810 bits per heavy atom. The summed E-state index contributed by atoms with van der Waals surface area (Å²) in [5.41, 5.74) is 2.35. The van der Waals surface area contributed by atoms with E-state index >= 15 is 0 Å². The van der Waals surface area contributed by atoms with Gasteiger partial charge in [0.25, 0.3) is 0 Å². The lowest BCUT2D eigenvalue weighted by Crippen LogP contribution is -2.31. The molecule has 1 nitrogen and oxygen atoms in total. The first-order chi connectivity index (χ1) is 10.2. The van der Waals surface area contributed by atoms with Crippen molar-refractivity contribution in [3.8, 4) is 0 Å². The highest BCUT2D eigenvalue weighted by atomic mass is 28.3. The van der Waals surface area contributed by atoms with Crippen LogP contribution in [0.5, 0.6) is 0 Å². The summed E-state index contributed by atoms with van der Waals surface area (Å²) in [6.45, 7) is 12.1. The minimum absolute atomic E-state index is 1.04. The highest BCUT2D eigenvalue weighted by Crippen LogP contribution is 2.26. The molecule has 0 atom stereocenters. The molecule has 0 radical (unpaired) electrons. The van der Waals surface area contributed by atoms with Crippen LogP contribution in [-0.2, 0) is 0 Å². The van der Waals surface area contributed by atoms with Gasteiger partial charge in [-0.3, -0.25) is 4.99 Å². The smallest absolute Gasteiger partial charge is 0.0773 e. The normalized spacial score (nSPS) is 12.1. The zero-order valence-corrected chi connectivity index (χ0v) is 16.0. The minimum Gasteiger partial charge on any atom is -0.298 e. The van der Waals surface area contributed by atoms with Gasteiger partial charge >= 0.3 is 0 Å². The molecule has 0 aromatic heterocycles. The average molecular weight is 310 g/mol. The lowest BCUT2D eigenvalue weighted by molar-refractivity contribution is 0.612. The van der Waals surface area contributed by atoms with Crippen LogP contribution in [0.3, 0.4) is 0 Å². The average Bonchev–Trinajstić information content (AvgIpc) is 2.49. The third-order valence-corrected chi connectivity index (χ3v) is 9.61. The second kappa shape index (κ2) is 14.6. The van der Waals surface area contributed by atoms with Crippen LogP contribution in [0.2, 0.25) is 18.1 Å². The van der Waals surface area contributed by atoms with Crippen LogP contribution in [0.1, 0.15) is 78.6 Å². The predicted octanol–water partition coefficient (Wildman–Crippen LogP) is 6.80. The van der Waals surface area contributed by atoms with E-state index in [0.717, 1.165) is 6.54 Å². The number of hydrogen-bond donors (Lipinski definition) is 0. The molecule has 0 aliphatic heterocycles. The topological polar surface area (TPSA) is 12.4 Å². The van der Waals surface area contributed by atoms with E-state index in [-0.39, 0.29) is 0 Å². The fourth-order valence-corrected chi connectivity index (χ4v) is 7.25. The Kier molecular flexibility index (Phi) is 14.3. The number of nitrogens with zero attached hydrogens (tertiary/aromatic N) is 1. The van der Waals surface area contributed by atoms with Crippen LogP contribution in [0.15, 0.2) is 17.3 Å². The molecule has 0 N–H and O–H groups in total. The zero-order valence-electron chi connectivity index (χ0n) is 15.0. The maximum Gasteiger partial charge on any atom is 0.0773 e. The molecule has 0 aliphatic rings. The minimum atomic E-state index is -1.19. The molecule has 0 amide bonds. The highest BCUT2D eigenvalue weighted by molar-refractivity contribution is 6.84. The Morgan fingerprint density at radius 2 is 1.43 bits per heavy atom. The third kappa shape index (κ3) is 10.9. The maximum atomic E-state index is 4.61. The van der Waals surface area contributed by atoms with E-state index < -0.39 is 8.07 Å². The number of rotatable bonds is 15. The van der Waals surface area contributed by atoms with Gasteiger partial charge in [-0.25, -0.2) is 0 Å². The molecule has 21 heavy (non-hydrogen) atoms. The van der Waals surface area contributed by atoms with E-state index in [1.165, 1.54) is 75.9 Å². The van der Waals surface area contributed by atoms with E-state index in [2.05, 4.69) is 44.3 Å². The maximum absolute atomic E-state index is 4.61. The van der Waals surface area contributed by atoms with Gasteiger partial charge < -0.3 is 0 Å². The van der Waals surface area contributed by atoms with Gasteiger partial charge in [-0.05, 0) is 25.1 Å². The van der Waals surface area contributed by atoms with Gasteiger partial charge in [-0.15, -0.1) is 12.3 Å². The summed E-state index contributed by atoms with van der Waals surface area (Å²) in [5.74, 6) is 0. The highest BCUT2D eigenvalue weighted by Gasteiger charge is 2.26. The predicted molar refractivity (Wildman–Crippen MR) is 102 cm³/mol. The van der Waals surface area contributed by atoms with E-state index in [0.29, 0.717) is 0 Å². The molecule has 0 saturated carbocycles. The fraction of sp³-hybridized carbons (Fsp3) is 0.842. The molecule has 0 rings (SSSR count). The summed E-state index contributed by atoms with van der Waals surface area (Å²) >= 11 is 0. The fourth-order valence-electron chi connectivity index (χ4n) is 3.19. The van der Waals surface area contributed by atoms with Crippen molar-refractivity contribution in [2.24, 2.45) is 4.99 Å². The Bertz CT molecular complexity index is 254. The standard InChI is InChI=1S/C19H39NSi/c1-5-9-10-11-12-13-15-20-16-14-19-21(8-4,17-6-2)18-7-3/h8,16H,4-7,9-15,17-19H2,1-3H3. The van der Waals surface area contributed by atoms with Crippen molar-refractivity contribution >= 4 is 14.3 Å². The number of unbranched alkanes of at least 4 members (excludes halogenated alkanes) is 5. The molecule has 0 fully saturated rings. The molecule has 0 unspecified atom stereocenters. The Hall–Kier alpha value is -0.373. The van der Waals surface area contributed by atoms with Crippen molar-refractivity contribution < 1.29 is 0 Å². The molecule has 124 valence electrons. The molecular formula is C19H39NSi.